The molecule has 2 aliphatic rings. The van der Waals surface area contributed by atoms with Crippen molar-refractivity contribution in [3.63, 3.8) is 0 Å². The van der Waals surface area contributed by atoms with E-state index in [1.807, 2.05) is 12.1 Å². The van der Waals surface area contributed by atoms with Crippen molar-refractivity contribution >= 4 is 17.8 Å². The molecule has 3 rings (SSSR count). The van der Waals surface area contributed by atoms with Gasteiger partial charge in [-0.3, -0.25) is 20.4 Å². The number of hydrogen-bond acceptors (Lipinski definition) is 4. The van der Waals surface area contributed by atoms with Crippen molar-refractivity contribution in [1.82, 2.24) is 10.9 Å². The van der Waals surface area contributed by atoms with Gasteiger partial charge in [0.2, 0.25) is 5.91 Å². The van der Waals surface area contributed by atoms with Crippen LogP contribution in [-0.4, -0.2) is 17.8 Å². The highest BCUT2D eigenvalue weighted by Crippen LogP contribution is 2.52. The molecule has 1 aromatic carbocycles. The maximum Gasteiger partial charge on any atom is 0.269 e. The first-order chi connectivity index (χ1) is 11.9. The number of carbonyl (C=O) groups is 3. The highest BCUT2D eigenvalue weighted by atomic mass is 16.4. The highest BCUT2D eigenvalue weighted by Gasteiger charge is 2.51. The van der Waals surface area contributed by atoms with Crippen LogP contribution in [0.4, 0.5) is 0 Å². The second-order valence-corrected chi connectivity index (χ2v) is 7.42. The normalized spacial score (nSPS) is 27.3. The molecule has 6 heteroatoms. The lowest BCUT2D eigenvalue weighted by Crippen LogP contribution is -2.50. The highest BCUT2D eigenvalue weighted by molar-refractivity contribution is 5.96. The van der Waals surface area contributed by atoms with Crippen LogP contribution in [0.15, 0.2) is 24.3 Å². The number of aliphatic carboxylic acids is 1. The first-order valence-electron chi connectivity index (χ1n) is 8.79. The van der Waals surface area contributed by atoms with E-state index in [4.69, 9.17) is 0 Å². The van der Waals surface area contributed by atoms with Crippen LogP contribution in [0.5, 0.6) is 0 Å². The standard InChI is InChI=1S/C19H24N2O4/c1-10(2)11-3-5-12(6-4-11)17(22)20-21-18(23)15-13-7-8-14(9-13)16(15)19(24)25/h3-6,10,13-16H,7-9H2,1-2H3,(H,20,22)(H,21,23)(H,24,25)/p-1/t13-,14+,15+,16+/m1/s1. The number of carbonyl (C=O) groups excluding carboxylic acids is 3. The third-order valence-electron chi connectivity index (χ3n) is 5.63. The number of rotatable bonds is 4. The fourth-order valence-corrected chi connectivity index (χ4v) is 4.30. The smallest absolute Gasteiger partial charge is 0.269 e. The lowest BCUT2D eigenvalue weighted by atomic mass is 9.79. The summed E-state index contributed by atoms with van der Waals surface area (Å²) in [6.07, 6.45) is 2.44. The quantitative estimate of drug-likeness (QED) is 0.796. The van der Waals surface area contributed by atoms with Gasteiger partial charge >= 0.3 is 0 Å². The Morgan fingerprint density at radius 1 is 1.00 bits per heavy atom. The number of nitrogens with one attached hydrogen (secondary N) is 2. The van der Waals surface area contributed by atoms with Gasteiger partial charge in [-0.25, -0.2) is 0 Å². The minimum absolute atomic E-state index is 0.0185. The predicted octanol–water partition coefficient (Wildman–Crippen LogP) is 0.983. The van der Waals surface area contributed by atoms with Crippen LogP contribution in [0, 0.1) is 23.7 Å². The van der Waals surface area contributed by atoms with E-state index in [0.717, 1.165) is 24.8 Å². The zero-order valence-electron chi connectivity index (χ0n) is 14.5. The molecule has 0 unspecified atom stereocenters. The first-order valence-corrected chi connectivity index (χ1v) is 8.79. The zero-order valence-corrected chi connectivity index (χ0v) is 14.5. The van der Waals surface area contributed by atoms with Crippen molar-refractivity contribution in [2.75, 3.05) is 0 Å². The van der Waals surface area contributed by atoms with Gasteiger partial charge in [0.05, 0.1) is 5.92 Å². The van der Waals surface area contributed by atoms with Gasteiger partial charge in [-0.2, -0.15) is 0 Å². The van der Waals surface area contributed by atoms with Crippen LogP contribution >= 0.6 is 0 Å². The van der Waals surface area contributed by atoms with Crippen LogP contribution in [0.3, 0.4) is 0 Å². The van der Waals surface area contributed by atoms with Crippen molar-refractivity contribution in [1.29, 1.82) is 0 Å². The summed E-state index contributed by atoms with van der Waals surface area (Å²) in [6.45, 7) is 4.14. The van der Waals surface area contributed by atoms with Crippen LogP contribution in [-0.2, 0) is 9.59 Å². The van der Waals surface area contributed by atoms with Crippen LogP contribution < -0.4 is 16.0 Å². The first kappa shape index (κ1) is 17.5. The molecule has 2 aliphatic carbocycles. The van der Waals surface area contributed by atoms with Gasteiger partial charge in [0, 0.05) is 17.5 Å². The fraction of sp³-hybridized carbons (Fsp3) is 0.526. The fourth-order valence-electron chi connectivity index (χ4n) is 4.30. The summed E-state index contributed by atoms with van der Waals surface area (Å²) >= 11 is 0. The van der Waals surface area contributed by atoms with Crippen LogP contribution in [0.2, 0.25) is 0 Å². The van der Waals surface area contributed by atoms with Crippen molar-refractivity contribution in [2.24, 2.45) is 23.7 Å². The van der Waals surface area contributed by atoms with E-state index < -0.39 is 29.6 Å². The van der Waals surface area contributed by atoms with Crippen molar-refractivity contribution < 1.29 is 19.5 Å². The van der Waals surface area contributed by atoms with Crippen molar-refractivity contribution in [3.8, 4) is 0 Å². The lowest BCUT2D eigenvalue weighted by Gasteiger charge is -2.30. The summed E-state index contributed by atoms with van der Waals surface area (Å²) in [5.74, 6) is -2.93. The topological polar surface area (TPSA) is 98.3 Å². The average Bonchev–Trinajstić information content (AvgIpc) is 3.20. The molecule has 0 heterocycles. The molecular weight excluding hydrogens is 320 g/mol. The van der Waals surface area contributed by atoms with Gasteiger partial charge in [-0.15, -0.1) is 0 Å². The molecule has 0 saturated heterocycles. The molecule has 25 heavy (non-hydrogen) atoms. The minimum atomic E-state index is -1.16. The van der Waals surface area contributed by atoms with Crippen molar-refractivity contribution in [3.05, 3.63) is 35.4 Å². The van der Waals surface area contributed by atoms with Crippen molar-refractivity contribution in [2.45, 2.75) is 39.0 Å². The molecule has 4 atom stereocenters. The molecular formula is C19H23N2O4-. The summed E-state index contributed by atoms with van der Waals surface area (Å²) in [5, 5.41) is 11.4. The molecule has 2 N–H and O–H groups in total. The number of fused-ring (bicyclic) bond motifs is 2. The number of benzene rings is 1. The second-order valence-electron chi connectivity index (χ2n) is 7.42. The van der Waals surface area contributed by atoms with Gasteiger partial charge < -0.3 is 9.90 Å². The van der Waals surface area contributed by atoms with Gasteiger partial charge in [-0.05, 0) is 54.7 Å². The average molecular weight is 343 g/mol. The molecule has 1 aromatic rings. The Balaban J connectivity index is 1.60. The molecule has 6 nitrogen and oxygen atoms in total. The van der Waals surface area contributed by atoms with E-state index in [9.17, 15) is 19.5 Å². The molecule has 134 valence electrons. The third-order valence-corrected chi connectivity index (χ3v) is 5.63. The zero-order chi connectivity index (χ0) is 18.1. The summed E-state index contributed by atoms with van der Waals surface area (Å²) < 4.78 is 0. The molecule has 2 bridgehead atoms. The van der Waals surface area contributed by atoms with E-state index in [2.05, 4.69) is 24.7 Å². The lowest BCUT2D eigenvalue weighted by molar-refractivity contribution is -0.314. The second kappa shape index (κ2) is 6.86. The number of hydrazine groups is 1. The van der Waals surface area contributed by atoms with Gasteiger partial charge in [0.1, 0.15) is 0 Å². The maximum atomic E-state index is 12.4. The number of hydrogen-bond donors (Lipinski definition) is 2. The van der Waals surface area contributed by atoms with E-state index in [1.165, 1.54) is 0 Å². The van der Waals surface area contributed by atoms with Gasteiger partial charge in [0.25, 0.3) is 5.91 Å². The third kappa shape index (κ3) is 3.38. The summed E-state index contributed by atoms with van der Waals surface area (Å²) in [4.78, 5) is 36.0. The minimum Gasteiger partial charge on any atom is -0.550 e. The summed E-state index contributed by atoms with van der Waals surface area (Å²) in [6, 6.07) is 7.17. The molecule has 0 radical (unpaired) electrons. The Bertz CT molecular complexity index is 683. The Morgan fingerprint density at radius 3 is 2.16 bits per heavy atom. The molecule has 0 spiro atoms. The van der Waals surface area contributed by atoms with Gasteiger partial charge in [-0.1, -0.05) is 26.0 Å². The number of carboxylic acid groups (broad SMARTS) is 1. The van der Waals surface area contributed by atoms with E-state index >= 15 is 0 Å². The summed E-state index contributed by atoms with van der Waals surface area (Å²) in [7, 11) is 0. The molecule has 2 amide bonds. The molecule has 0 aliphatic heterocycles. The maximum absolute atomic E-state index is 12.4. The van der Waals surface area contributed by atoms with Crippen LogP contribution in [0.25, 0.3) is 0 Å². The Labute approximate surface area is 147 Å². The Morgan fingerprint density at radius 2 is 1.60 bits per heavy atom. The number of carboxylic acids is 1. The summed E-state index contributed by atoms with van der Waals surface area (Å²) in [5.41, 5.74) is 6.36. The van der Waals surface area contributed by atoms with E-state index in [1.54, 1.807) is 12.1 Å². The van der Waals surface area contributed by atoms with E-state index in [0.29, 0.717) is 11.5 Å². The van der Waals surface area contributed by atoms with E-state index in [-0.39, 0.29) is 11.8 Å². The largest absolute Gasteiger partial charge is 0.550 e. The van der Waals surface area contributed by atoms with Crippen LogP contribution in [0.1, 0.15) is 54.9 Å². The monoisotopic (exact) mass is 343 g/mol. The molecule has 0 aromatic heterocycles. The predicted molar refractivity (Wildman–Crippen MR) is 89.0 cm³/mol. The SMILES string of the molecule is CC(C)c1ccc(C(=O)NNC(=O)[C@H]2[C@@H]3CC[C@@H](C3)[C@@H]2C(=O)[O-])cc1. The Hall–Kier alpha value is -2.37. The Kier molecular flexibility index (Phi) is 4.79. The molecule has 2 saturated carbocycles. The number of amides is 2. The molecule has 2 fully saturated rings. The van der Waals surface area contributed by atoms with Gasteiger partial charge in [0.15, 0.2) is 0 Å².